The van der Waals surface area contributed by atoms with E-state index in [1.54, 1.807) is 24.3 Å². The molecular formula is C19H19ClF3N2O2+. The number of ether oxygens (including phenoxy) is 1. The molecule has 0 radical (unpaired) electrons. The van der Waals surface area contributed by atoms with E-state index in [-0.39, 0.29) is 10.7 Å². The standard InChI is InChI=1S/C19H18ClF3N2O2/c20-14-6-7-16(15(12-14)19(21,22)23)24-18(26)17(13-4-2-1-3-5-13)25-8-10-27-11-9-25/h1-7,12,17H,8-11H2,(H,24,26)/p+1/t17-/m1/s1. The molecule has 144 valence electrons. The van der Waals surface area contributed by atoms with Crippen molar-refractivity contribution >= 4 is 23.2 Å². The molecule has 0 saturated carbocycles. The van der Waals surface area contributed by atoms with E-state index in [9.17, 15) is 18.0 Å². The summed E-state index contributed by atoms with van der Waals surface area (Å²) >= 11 is 5.71. The van der Waals surface area contributed by atoms with E-state index < -0.39 is 23.7 Å². The van der Waals surface area contributed by atoms with E-state index in [2.05, 4.69) is 5.32 Å². The lowest BCUT2D eigenvalue weighted by Gasteiger charge is -2.31. The van der Waals surface area contributed by atoms with Crippen LogP contribution in [-0.2, 0) is 15.7 Å². The molecule has 27 heavy (non-hydrogen) atoms. The van der Waals surface area contributed by atoms with Gasteiger partial charge in [0.2, 0.25) is 0 Å². The quantitative estimate of drug-likeness (QED) is 0.830. The molecule has 1 aliphatic heterocycles. The Labute approximate surface area is 159 Å². The average molecular weight is 400 g/mol. The Hall–Kier alpha value is -2.09. The van der Waals surface area contributed by atoms with Crippen molar-refractivity contribution in [2.75, 3.05) is 31.6 Å². The van der Waals surface area contributed by atoms with E-state index in [1.165, 1.54) is 12.1 Å². The number of rotatable bonds is 4. The molecule has 1 atom stereocenters. The van der Waals surface area contributed by atoms with E-state index in [1.807, 2.05) is 6.07 Å². The number of hydrogen-bond acceptors (Lipinski definition) is 2. The Balaban J connectivity index is 1.92. The second-order valence-corrected chi connectivity index (χ2v) is 6.73. The molecule has 0 aromatic heterocycles. The smallest absolute Gasteiger partial charge is 0.370 e. The zero-order chi connectivity index (χ0) is 19.4. The highest BCUT2D eigenvalue weighted by Gasteiger charge is 2.37. The fourth-order valence-electron chi connectivity index (χ4n) is 3.21. The molecule has 1 heterocycles. The Morgan fingerprint density at radius 2 is 1.78 bits per heavy atom. The predicted octanol–water partition coefficient (Wildman–Crippen LogP) is 2.95. The Kier molecular flexibility index (Phi) is 6.04. The van der Waals surface area contributed by atoms with Crippen LogP contribution in [0.2, 0.25) is 5.02 Å². The lowest BCUT2D eigenvalue weighted by molar-refractivity contribution is -0.929. The van der Waals surface area contributed by atoms with Crippen LogP contribution < -0.4 is 10.2 Å². The molecule has 4 nitrogen and oxygen atoms in total. The van der Waals surface area contributed by atoms with Gasteiger partial charge < -0.3 is 15.0 Å². The first kappa shape index (κ1) is 19.7. The summed E-state index contributed by atoms with van der Waals surface area (Å²) in [6.45, 7) is 2.20. The van der Waals surface area contributed by atoms with Gasteiger partial charge in [-0.05, 0) is 18.2 Å². The fourth-order valence-corrected chi connectivity index (χ4v) is 3.38. The van der Waals surface area contributed by atoms with Gasteiger partial charge in [0.1, 0.15) is 13.1 Å². The molecule has 1 saturated heterocycles. The number of amides is 1. The largest absolute Gasteiger partial charge is 0.418 e. The van der Waals surface area contributed by atoms with Gasteiger partial charge in [-0.25, -0.2) is 0 Å². The van der Waals surface area contributed by atoms with Crippen LogP contribution in [0.1, 0.15) is 17.2 Å². The van der Waals surface area contributed by atoms with E-state index in [0.29, 0.717) is 26.3 Å². The number of carbonyl (C=O) groups is 1. The summed E-state index contributed by atoms with van der Waals surface area (Å²) < 4.78 is 45.3. The molecule has 8 heteroatoms. The molecule has 2 N–H and O–H groups in total. The van der Waals surface area contributed by atoms with Crippen molar-refractivity contribution in [3.05, 3.63) is 64.7 Å². The van der Waals surface area contributed by atoms with Gasteiger partial charge in [-0.2, -0.15) is 13.2 Å². The summed E-state index contributed by atoms with van der Waals surface area (Å²) in [7, 11) is 0. The van der Waals surface area contributed by atoms with Gasteiger partial charge in [0.05, 0.1) is 24.5 Å². The number of quaternary nitrogens is 1. The number of morpholine rings is 1. The first-order valence-electron chi connectivity index (χ1n) is 8.51. The van der Waals surface area contributed by atoms with Gasteiger partial charge in [-0.1, -0.05) is 41.9 Å². The lowest BCUT2D eigenvalue weighted by Crippen LogP contribution is -3.15. The van der Waals surface area contributed by atoms with Crippen LogP contribution >= 0.6 is 11.6 Å². The Morgan fingerprint density at radius 3 is 2.41 bits per heavy atom. The minimum Gasteiger partial charge on any atom is -0.370 e. The maximum atomic E-state index is 13.3. The van der Waals surface area contributed by atoms with Gasteiger partial charge >= 0.3 is 6.18 Å². The molecular weight excluding hydrogens is 381 g/mol. The number of hydrogen-bond donors (Lipinski definition) is 2. The van der Waals surface area contributed by atoms with Crippen LogP contribution in [0.25, 0.3) is 0 Å². The minimum absolute atomic E-state index is 0.0428. The number of anilines is 1. The van der Waals surface area contributed by atoms with Crippen molar-refractivity contribution in [1.82, 2.24) is 0 Å². The Bertz CT molecular complexity index is 793. The lowest BCUT2D eigenvalue weighted by atomic mass is 10.0. The van der Waals surface area contributed by atoms with Crippen molar-refractivity contribution in [2.24, 2.45) is 0 Å². The zero-order valence-electron chi connectivity index (χ0n) is 14.4. The van der Waals surface area contributed by atoms with Crippen LogP contribution in [0.15, 0.2) is 48.5 Å². The monoisotopic (exact) mass is 399 g/mol. The van der Waals surface area contributed by atoms with Crippen LogP contribution in [-0.4, -0.2) is 32.2 Å². The molecule has 2 aromatic carbocycles. The van der Waals surface area contributed by atoms with Gasteiger partial charge in [-0.15, -0.1) is 0 Å². The van der Waals surface area contributed by atoms with Crippen molar-refractivity contribution in [1.29, 1.82) is 0 Å². The maximum Gasteiger partial charge on any atom is 0.418 e. The third-order valence-corrected chi connectivity index (χ3v) is 4.72. The highest BCUT2D eigenvalue weighted by Crippen LogP contribution is 2.36. The zero-order valence-corrected chi connectivity index (χ0v) is 15.1. The van der Waals surface area contributed by atoms with Gasteiger partial charge in [0, 0.05) is 10.6 Å². The molecule has 0 aliphatic carbocycles. The van der Waals surface area contributed by atoms with E-state index in [4.69, 9.17) is 16.3 Å². The number of halogens is 4. The molecule has 1 amide bonds. The van der Waals surface area contributed by atoms with E-state index >= 15 is 0 Å². The minimum atomic E-state index is -4.62. The van der Waals surface area contributed by atoms with Crippen molar-refractivity contribution in [3.8, 4) is 0 Å². The number of benzene rings is 2. The van der Waals surface area contributed by atoms with Crippen LogP contribution in [0.5, 0.6) is 0 Å². The summed E-state index contributed by atoms with van der Waals surface area (Å²) in [4.78, 5) is 14.0. The average Bonchev–Trinajstić information content (AvgIpc) is 2.64. The Morgan fingerprint density at radius 1 is 1.11 bits per heavy atom. The first-order chi connectivity index (χ1) is 12.9. The van der Waals surface area contributed by atoms with Crippen molar-refractivity contribution in [2.45, 2.75) is 12.2 Å². The molecule has 2 aromatic rings. The summed E-state index contributed by atoms with van der Waals surface area (Å²) in [5, 5.41) is 2.42. The SMILES string of the molecule is O=C(Nc1ccc(Cl)cc1C(F)(F)F)[C@@H](c1ccccc1)[NH+]1CCOCC1. The number of nitrogens with one attached hydrogen (secondary N) is 2. The molecule has 0 unspecified atom stereocenters. The summed E-state index contributed by atoms with van der Waals surface area (Å²) in [6.07, 6.45) is -4.62. The second-order valence-electron chi connectivity index (χ2n) is 6.29. The number of carbonyl (C=O) groups excluding carboxylic acids is 1. The van der Waals surface area contributed by atoms with Crippen LogP contribution in [0.4, 0.5) is 18.9 Å². The molecule has 1 fully saturated rings. The third-order valence-electron chi connectivity index (χ3n) is 4.48. The summed E-state index contributed by atoms with van der Waals surface area (Å²) in [5.41, 5.74) is -0.521. The topological polar surface area (TPSA) is 42.8 Å². The van der Waals surface area contributed by atoms with Gasteiger partial charge in [0.25, 0.3) is 5.91 Å². The van der Waals surface area contributed by atoms with E-state index in [0.717, 1.165) is 16.5 Å². The maximum absolute atomic E-state index is 13.3. The van der Waals surface area contributed by atoms with Crippen LogP contribution in [0, 0.1) is 0 Å². The van der Waals surface area contributed by atoms with Gasteiger partial charge in [-0.3, -0.25) is 4.79 Å². The summed E-state index contributed by atoms with van der Waals surface area (Å²) in [5.74, 6) is -0.495. The third kappa shape index (κ3) is 4.80. The normalized spacial score (nSPS) is 16.7. The number of alkyl halides is 3. The highest BCUT2D eigenvalue weighted by atomic mass is 35.5. The fraction of sp³-hybridized carbons (Fsp3) is 0.316. The second kappa shape index (κ2) is 8.29. The molecule has 1 aliphatic rings. The molecule has 0 spiro atoms. The van der Waals surface area contributed by atoms with Gasteiger partial charge in [0.15, 0.2) is 6.04 Å². The molecule has 0 bridgehead atoms. The summed E-state index contributed by atoms with van der Waals surface area (Å²) in [6, 6.07) is 11.7. The highest BCUT2D eigenvalue weighted by molar-refractivity contribution is 6.30. The predicted molar refractivity (Wildman–Crippen MR) is 95.8 cm³/mol. The van der Waals surface area contributed by atoms with Crippen molar-refractivity contribution < 1.29 is 27.6 Å². The van der Waals surface area contributed by atoms with Crippen LogP contribution in [0.3, 0.4) is 0 Å². The van der Waals surface area contributed by atoms with Crippen molar-refractivity contribution in [3.63, 3.8) is 0 Å². The first-order valence-corrected chi connectivity index (χ1v) is 8.89. The molecule has 3 rings (SSSR count).